The summed E-state index contributed by atoms with van der Waals surface area (Å²) in [6, 6.07) is 6.94. The molecule has 98 valence electrons. The van der Waals surface area contributed by atoms with Crippen LogP contribution in [0, 0.1) is 6.92 Å². The Labute approximate surface area is 112 Å². The topological polar surface area (TPSA) is 63.2 Å². The molecule has 1 aromatic carbocycles. The molecule has 0 atom stereocenters. The van der Waals surface area contributed by atoms with Gasteiger partial charge in [0, 0.05) is 18.3 Å². The molecule has 2 heterocycles. The van der Waals surface area contributed by atoms with E-state index in [1.807, 2.05) is 13.0 Å². The molecule has 0 N–H and O–H groups in total. The van der Waals surface area contributed by atoms with Crippen molar-refractivity contribution in [3.05, 3.63) is 53.6 Å². The number of aryl methyl sites for hydroxylation is 1. The lowest BCUT2D eigenvalue weighted by Crippen LogP contribution is -2.25. The molecule has 3 rings (SSSR count). The number of benzene rings is 1. The van der Waals surface area contributed by atoms with Crippen LogP contribution in [0.25, 0.3) is 0 Å². The molecule has 0 saturated heterocycles. The van der Waals surface area contributed by atoms with Gasteiger partial charge in [-0.3, -0.25) is 0 Å². The van der Waals surface area contributed by atoms with Crippen LogP contribution in [0.5, 0.6) is 0 Å². The molecule has 6 heteroatoms. The fraction of sp³-hybridized carbons (Fsp3) is 0.231. The Morgan fingerprint density at radius 2 is 2.11 bits per heavy atom. The molecule has 1 aliphatic heterocycles. The molecule has 19 heavy (non-hydrogen) atoms. The number of aromatic nitrogens is 2. The highest BCUT2D eigenvalue weighted by molar-refractivity contribution is 7.89. The number of sulfonamides is 1. The average Bonchev–Trinajstić information content (AvgIpc) is 2.83. The van der Waals surface area contributed by atoms with Crippen LogP contribution in [0.3, 0.4) is 0 Å². The first-order valence-electron chi connectivity index (χ1n) is 5.92. The van der Waals surface area contributed by atoms with Gasteiger partial charge in [-0.25, -0.2) is 18.4 Å². The zero-order chi connectivity index (χ0) is 13.5. The van der Waals surface area contributed by atoms with Crippen LogP contribution in [-0.2, 0) is 23.1 Å². The molecule has 0 aliphatic carbocycles. The van der Waals surface area contributed by atoms with Crippen LogP contribution in [-0.4, -0.2) is 22.7 Å². The summed E-state index contributed by atoms with van der Waals surface area (Å²) in [4.78, 5) is 8.37. The number of hydrogen-bond donors (Lipinski definition) is 0. The van der Waals surface area contributed by atoms with E-state index < -0.39 is 10.0 Å². The van der Waals surface area contributed by atoms with Gasteiger partial charge in [0.1, 0.15) is 6.33 Å². The summed E-state index contributed by atoms with van der Waals surface area (Å²) in [5.41, 5.74) is 2.59. The van der Waals surface area contributed by atoms with E-state index in [1.165, 1.54) is 10.6 Å². The van der Waals surface area contributed by atoms with Crippen LogP contribution in [0.1, 0.15) is 16.8 Å². The summed E-state index contributed by atoms with van der Waals surface area (Å²) >= 11 is 0. The Balaban J connectivity index is 1.96. The molecule has 0 bridgehead atoms. The van der Waals surface area contributed by atoms with E-state index in [1.54, 1.807) is 24.4 Å². The summed E-state index contributed by atoms with van der Waals surface area (Å²) in [6.07, 6.45) is 3.12. The van der Waals surface area contributed by atoms with Crippen molar-refractivity contribution >= 4 is 10.0 Å². The van der Waals surface area contributed by atoms with Crippen LogP contribution in [0.2, 0.25) is 0 Å². The molecule has 1 aliphatic rings. The highest BCUT2D eigenvalue weighted by Crippen LogP contribution is 2.26. The summed E-state index contributed by atoms with van der Waals surface area (Å²) in [7, 11) is -3.46. The first kappa shape index (κ1) is 12.3. The molecule has 0 spiro atoms. The number of nitrogens with zero attached hydrogens (tertiary/aromatic N) is 3. The fourth-order valence-corrected chi connectivity index (χ4v) is 3.65. The second-order valence-corrected chi connectivity index (χ2v) is 6.52. The largest absolute Gasteiger partial charge is 0.244 e. The van der Waals surface area contributed by atoms with Gasteiger partial charge in [0.2, 0.25) is 10.0 Å². The number of fused-ring (bicyclic) bond motifs is 1. The molecule has 2 aromatic rings. The molecule has 0 amide bonds. The van der Waals surface area contributed by atoms with Crippen molar-refractivity contribution < 1.29 is 8.42 Å². The van der Waals surface area contributed by atoms with Gasteiger partial charge in [-0.2, -0.15) is 4.31 Å². The van der Waals surface area contributed by atoms with Crippen molar-refractivity contribution in [1.29, 1.82) is 0 Å². The lowest BCUT2D eigenvalue weighted by Gasteiger charge is -2.15. The zero-order valence-corrected chi connectivity index (χ0v) is 11.3. The monoisotopic (exact) mass is 275 g/mol. The van der Waals surface area contributed by atoms with Gasteiger partial charge in [-0.05, 0) is 24.6 Å². The molecule has 5 nitrogen and oxygen atoms in total. The molecule has 1 aromatic heterocycles. The van der Waals surface area contributed by atoms with Gasteiger partial charge < -0.3 is 0 Å². The third-order valence-electron chi connectivity index (χ3n) is 3.18. The second kappa shape index (κ2) is 4.40. The number of hydrogen-bond acceptors (Lipinski definition) is 4. The summed E-state index contributed by atoms with van der Waals surface area (Å²) in [6.45, 7) is 2.53. The molecule has 0 radical (unpaired) electrons. The highest BCUT2D eigenvalue weighted by atomic mass is 32.2. The Morgan fingerprint density at radius 3 is 2.84 bits per heavy atom. The fourth-order valence-electron chi connectivity index (χ4n) is 2.17. The molecule has 0 saturated carbocycles. The Hall–Kier alpha value is -1.79. The van der Waals surface area contributed by atoms with Crippen LogP contribution >= 0.6 is 0 Å². The molecular formula is C13H13N3O2S. The second-order valence-electron chi connectivity index (χ2n) is 4.58. The third kappa shape index (κ3) is 2.13. The van der Waals surface area contributed by atoms with Gasteiger partial charge in [0.25, 0.3) is 0 Å². The van der Waals surface area contributed by atoms with Crippen molar-refractivity contribution in [3.63, 3.8) is 0 Å². The van der Waals surface area contributed by atoms with Crippen molar-refractivity contribution in [2.24, 2.45) is 0 Å². The van der Waals surface area contributed by atoms with Gasteiger partial charge in [0.05, 0.1) is 17.1 Å². The highest BCUT2D eigenvalue weighted by Gasteiger charge is 2.31. The van der Waals surface area contributed by atoms with Crippen LogP contribution in [0.4, 0.5) is 0 Å². The van der Waals surface area contributed by atoms with Crippen LogP contribution in [0.15, 0.2) is 41.7 Å². The Kier molecular flexibility index (Phi) is 2.83. The lowest BCUT2D eigenvalue weighted by molar-refractivity contribution is 0.429. The first-order valence-corrected chi connectivity index (χ1v) is 7.36. The Morgan fingerprint density at radius 1 is 1.26 bits per heavy atom. The maximum atomic E-state index is 12.5. The average molecular weight is 275 g/mol. The Bertz CT molecular complexity index is 703. The van der Waals surface area contributed by atoms with E-state index in [2.05, 4.69) is 9.97 Å². The zero-order valence-electron chi connectivity index (χ0n) is 10.4. The van der Waals surface area contributed by atoms with Gasteiger partial charge >= 0.3 is 0 Å². The van der Waals surface area contributed by atoms with E-state index in [-0.39, 0.29) is 0 Å². The van der Waals surface area contributed by atoms with Gasteiger partial charge in [-0.15, -0.1) is 0 Å². The quantitative estimate of drug-likeness (QED) is 0.833. The van der Waals surface area contributed by atoms with Crippen molar-refractivity contribution in [2.45, 2.75) is 24.9 Å². The predicted molar refractivity (Wildman–Crippen MR) is 69.6 cm³/mol. The lowest BCUT2D eigenvalue weighted by atomic mass is 10.2. The molecular weight excluding hydrogens is 262 g/mol. The van der Waals surface area contributed by atoms with E-state index in [0.717, 1.165) is 16.8 Å². The van der Waals surface area contributed by atoms with E-state index in [0.29, 0.717) is 18.0 Å². The predicted octanol–water partition coefficient (Wildman–Crippen LogP) is 1.49. The molecule has 0 unspecified atom stereocenters. The maximum Gasteiger partial charge on any atom is 0.243 e. The SMILES string of the molecule is Cc1cccc(S(=O)(=O)N2Cc3cncnc3C2)c1. The standard InChI is InChI=1S/C13H13N3O2S/c1-10-3-2-4-12(5-10)19(17,18)16-7-11-6-14-9-15-13(11)8-16/h2-6,9H,7-8H2,1H3. The normalized spacial score (nSPS) is 15.4. The minimum Gasteiger partial charge on any atom is -0.244 e. The van der Waals surface area contributed by atoms with Crippen molar-refractivity contribution in [2.75, 3.05) is 0 Å². The summed E-state index contributed by atoms with van der Waals surface area (Å²) in [5, 5.41) is 0. The first-order chi connectivity index (χ1) is 9.07. The van der Waals surface area contributed by atoms with E-state index >= 15 is 0 Å². The third-order valence-corrected chi connectivity index (χ3v) is 4.97. The van der Waals surface area contributed by atoms with E-state index in [4.69, 9.17) is 0 Å². The van der Waals surface area contributed by atoms with Crippen molar-refractivity contribution in [3.8, 4) is 0 Å². The van der Waals surface area contributed by atoms with Gasteiger partial charge in [-0.1, -0.05) is 12.1 Å². The number of rotatable bonds is 2. The van der Waals surface area contributed by atoms with E-state index in [9.17, 15) is 8.42 Å². The maximum absolute atomic E-state index is 12.5. The minimum absolute atomic E-state index is 0.314. The van der Waals surface area contributed by atoms with Gasteiger partial charge in [0.15, 0.2) is 0 Å². The van der Waals surface area contributed by atoms with Crippen LogP contribution < -0.4 is 0 Å². The minimum atomic E-state index is -3.46. The smallest absolute Gasteiger partial charge is 0.243 e. The summed E-state index contributed by atoms with van der Waals surface area (Å²) < 4.78 is 26.5. The summed E-state index contributed by atoms with van der Waals surface area (Å²) in [5.74, 6) is 0. The van der Waals surface area contributed by atoms with Crippen molar-refractivity contribution in [1.82, 2.24) is 14.3 Å². The molecule has 0 fully saturated rings.